The van der Waals surface area contributed by atoms with E-state index in [-0.39, 0.29) is 35.4 Å². The van der Waals surface area contributed by atoms with E-state index in [1.807, 2.05) is 9.80 Å². The van der Waals surface area contributed by atoms with E-state index in [1.165, 1.54) is 0 Å². The number of morpholine rings is 1. The molecule has 0 bridgehead atoms. The second kappa shape index (κ2) is 10.1. The van der Waals surface area contributed by atoms with Gasteiger partial charge in [0.25, 0.3) is 0 Å². The molecule has 176 valence electrons. The maximum absolute atomic E-state index is 13.3. The van der Waals surface area contributed by atoms with Gasteiger partial charge in [-0.15, -0.1) is 0 Å². The van der Waals surface area contributed by atoms with Crippen LogP contribution in [0, 0.1) is 0 Å². The molecule has 1 atom stereocenters. The number of piperazine rings is 1. The molecule has 0 aromatic heterocycles. The fourth-order valence-electron chi connectivity index (χ4n) is 5.36. The third kappa shape index (κ3) is 5.97. The normalized spacial score (nSPS) is 28.1. The van der Waals surface area contributed by atoms with Crippen LogP contribution in [0.3, 0.4) is 0 Å². The van der Waals surface area contributed by atoms with Crippen LogP contribution in [0.15, 0.2) is 0 Å². The molecular formula is C21H36N4O5S. The predicted molar refractivity (Wildman–Crippen MR) is 116 cm³/mol. The highest BCUT2D eigenvalue weighted by Crippen LogP contribution is 2.29. The molecule has 4 fully saturated rings. The molecule has 1 saturated carbocycles. The summed E-state index contributed by atoms with van der Waals surface area (Å²) in [7, 11) is -3.03. The summed E-state index contributed by atoms with van der Waals surface area (Å²) in [5, 5.41) is 0. The van der Waals surface area contributed by atoms with Gasteiger partial charge in [0.05, 0.1) is 37.8 Å². The van der Waals surface area contributed by atoms with Gasteiger partial charge in [0.15, 0.2) is 9.84 Å². The van der Waals surface area contributed by atoms with E-state index in [0.717, 1.165) is 38.8 Å². The Morgan fingerprint density at radius 3 is 2.10 bits per heavy atom. The van der Waals surface area contributed by atoms with E-state index in [0.29, 0.717) is 58.9 Å². The summed E-state index contributed by atoms with van der Waals surface area (Å²) in [6, 6.07) is 0.0131. The molecule has 3 heterocycles. The van der Waals surface area contributed by atoms with Gasteiger partial charge < -0.3 is 14.5 Å². The van der Waals surface area contributed by atoms with Crippen molar-refractivity contribution in [2.24, 2.45) is 0 Å². The molecule has 1 unspecified atom stereocenters. The van der Waals surface area contributed by atoms with E-state index in [2.05, 4.69) is 9.80 Å². The Kier molecular flexibility index (Phi) is 7.51. The second-order valence-corrected chi connectivity index (χ2v) is 11.6. The molecule has 10 heteroatoms. The number of sulfone groups is 1. The van der Waals surface area contributed by atoms with E-state index in [1.54, 1.807) is 0 Å². The number of nitrogens with zero attached hydrogens (tertiary/aromatic N) is 4. The highest BCUT2D eigenvalue weighted by molar-refractivity contribution is 7.91. The van der Waals surface area contributed by atoms with Gasteiger partial charge in [0.2, 0.25) is 11.8 Å². The highest BCUT2D eigenvalue weighted by atomic mass is 32.2. The molecule has 0 aromatic rings. The minimum atomic E-state index is -3.03. The van der Waals surface area contributed by atoms with Crippen molar-refractivity contribution < 1.29 is 22.7 Å². The molecular weight excluding hydrogens is 420 g/mol. The third-order valence-electron chi connectivity index (χ3n) is 7.15. The van der Waals surface area contributed by atoms with Crippen LogP contribution >= 0.6 is 0 Å². The Hall–Kier alpha value is -1.23. The molecule has 0 radical (unpaired) electrons. The van der Waals surface area contributed by atoms with Gasteiger partial charge in [-0.3, -0.25) is 19.4 Å². The van der Waals surface area contributed by atoms with Crippen LogP contribution in [0.25, 0.3) is 0 Å². The van der Waals surface area contributed by atoms with Gasteiger partial charge in [0, 0.05) is 51.4 Å². The van der Waals surface area contributed by atoms with Crippen molar-refractivity contribution in [3.8, 4) is 0 Å². The van der Waals surface area contributed by atoms with Gasteiger partial charge in [-0.1, -0.05) is 12.8 Å². The molecule has 1 aliphatic carbocycles. The fraction of sp³-hybridized carbons (Fsp3) is 0.905. The van der Waals surface area contributed by atoms with Crippen LogP contribution in [0.5, 0.6) is 0 Å². The fourth-order valence-corrected chi connectivity index (χ4v) is 7.07. The Morgan fingerprint density at radius 2 is 1.48 bits per heavy atom. The van der Waals surface area contributed by atoms with Crippen molar-refractivity contribution in [2.45, 2.75) is 44.2 Å². The van der Waals surface area contributed by atoms with Crippen LogP contribution in [0.2, 0.25) is 0 Å². The predicted octanol–water partition coefficient (Wildman–Crippen LogP) is -0.579. The number of amides is 2. The van der Waals surface area contributed by atoms with E-state index in [4.69, 9.17) is 4.74 Å². The van der Waals surface area contributed by atoms with E-state index < -0.39 is 9.84 Å². The first kappa shape index (κ1) is 22.9. The highest BCUT2D eigenvalue weighted by Gasteiger charge is 2.39. The van der Waals surface area contributed by atoms with Gasteiger partial charge in [0.1, 0.15) is 0 Å². The van der Waals surface area contributed by atoms with Crippen LogP contribution in [-0.4, -0.2) is 129 Å². The first-order chi connectivity index (χ1) is 14.9. The molecule has 3 saturated heterocycles. The maximum Gasteiger partial charge on any atom is 0.237 e. The quantitative estimate of drug-likeness (QED) is 0.528. The minimum absolute atomic E-state index is 0.0575. The summed E-state index contributed by atoms with van der Waals surface area (Å²) in [4.78, 5) is 33.9. The van der Waals surface area contributed by atoms with Gasteiger partial charge >= 0.3 is 0 Å². The first-order valence-corrected chi connectivity index (χ1v) is 13.6. The molecule has 0 N–H and O–H groups in total. The second-order valence-electron chi connectivity index (χ2n) is 9.34. The molecule has 0 aromatic carbocycles. The zero-order chi connectivity index (χ0) is 21.8. The van der Waals surface area contributed by atoms with Crippen LogP contribution in [0.4, 0.5) is 0 Å². The lowest BCUT2D eigenvalue weighted by Gasteiger charge is -2.39. The number of rotatable bonds is 6. The summed E-state index contributed by atoms with van der Waals surface area (Å²) in [6.07, 6.45) is 4.74. The lowest BCUT2D eigenvalue weighted by atomic mass is 10.1. The topological polar surface area (TPSA) is 90.5 Å². The Bertz CT molecular complexity index is 741. The van der Waals surface area contributed by atoms with Crippen molar-refractivity contribution in [1.82, 2.24) is 19.6 Å². The maximum atomic E-state index is 13.3. The molecule has 4 aliphatic rings. The van der Waals surface area contributed by atoms with Crippen molar-refractivity contribution in [1.29, 1.82) is 0 Å². The molecule has 31 heavy (non-hydrogen) atoms. The first-order valence-electron chi connectivity index (χ1n) is 11.7. The number of carbonyl (C=O) groups excluding carboxylic acids is 2. The SMILES string of the molecule is O=C(CN1CCOCC1)N1CCN(CC(=O)N(C2CCCC2)C2CCS(=O)(=O)C2)CC1. The third-order valence-corrected chi connectivity index (χ3v) is 8.90. The molecule has 3 aliphatic heterocycles. The average molecular weight is 457 g/mol. The van der Waals surface area contributed by atoms with E-state index >= 15 is 0 Å². The zero-order valence-electron chi connectivity index (χ0n) is 18.4. The lowest BCUT2D eigenvalue weighted by molar-refractivity contribution is -0.138. The largest absolute Gasteiger partial charge is 0.379 e. The van der Waals surface area contributed by atoms with Crippen molar-refractivity contribution in [3.63, 3.8) is 0 Å². The number of carbonyl (C=O) groups is 2. The van der Waals surface area contributed by atoms with Crippen molar-refractivity contribution >= 4 is 21.7 Å². The summed E-state index contributed by atoms with van der Waals surface area (Å²) in [5.74, 6) is 0.510. The Balaban J connectivity index is 1.28. The molecule has 9 nitrogen and oxygen atoms in total. The monoisotopic (exact) mass is 456 g/mol. The van der Waals surface area contributed by atoms with Gasteiger partial charge in [-0.2, -0.15) is 0 Å². The average Bonchev–Trinajstić information content (AvgIpc) is 3.39. The van der Waals surface area contributed by atoms with Crippen LogP contribution in [-0.2, 0) is 24.2 Å². The number of hydrogen-bond donors (Lipinski definition) is 0. The Labute approximate surface area is 185 Å². The van der Waals surface area contributed by atoms with Crippen LogP contribution < -0.4 is 0 Å². The standard InChI is InChI=1S/C21H36N4O5S/c26-20(15-23-10-12-30-13-11-23)24-8-6-22(7-9-24)16-21(27)25(18-3-1-2-4-18)19-5-14-31(28,29)17-19/h18-19H,1-17H2. The van der Waals surface area contributed by atoms with Crippen molar-refractivity contribution in [3.05, 3.63) is 0 Å². The molecule has 4 rings (SSSR count). The zero-order valence-corrected chi connectivity index (χ0v) is 19.2. The van der Waals surface area contributed by atoms with Gasteiger partial charge in [-0.25, -0.2) is 8.42 Å². The summed E-state index contributed by atoms with van der Waals surface area (Å²) >= 11 is 0. The molecule has 2 amide bonds. The van der Waals surface area contributed by atoms with Crippen molar-refractivity contribution in [2.75, 3.05) is 77.1 Å². The summed E-state index contributed by atoms with van der Waals surface area (Å²) in [6.45, 7) is 6.36. The Morgan fingerprint density at radius 1 is 0.839 bits per heavy atom. The summed E-state index contributed by atoms with van der Waals surface area (Å²) < 4.78 is 29.4. The van der Waals surface area contributed by atoms with E-state index in [9.17, 15) is 18.0 Å². The van der Waals surface area contributed by atoms with Gasteiger partial charge in [-0.05, 0) is 19.3 Å². The smallest absolute Gasteiger partial charge is 0.237 e. The number of hydrogen-bond acceptors (Lipinski definition) is 7. The number of ether oxygens (including phenoxy) is 1. The minimum Gasteiger partial charge on any atom is -0.379 e. The lowest BCUT2D eigenvalue weighted by Crippen LogP contribution is -2.55. The van der Waals surface area contributed by atoms with Crippen LogP contribution in [0.1, 0.15) is 32.1 Å². The molecule has 0 spiro atoms. The summed E-state index contributed by atoms with van der Waals surface area (Å²) in [5.41, 5.74) is 0.